The fourth-order valence-electron chi connectivity index (χ4n) is 5.61. The summed E-state index contributed by atoms with van der Waals surface area (Å²) in [5, 5.41) is 10.7. The molecule has 1 saturated carbocycles. The number of benzene rings is 1. The minimum atomic E-state index is -0.706. The summed E-state index contributed by atoms with van der Waals surface area (Å²) in [6.07, 6.45) is 0.817. The number of fused-ring (bicyclic) bond motifs is 2. The maximum atomic E-state index is 13.1. The van der Waals surface area contributed by atoms with Gasteiger partial charge in [0.25, 0.3) is 0 Å². The minimum absolute atomic E-state index is 0.0910. The molecule has 30 heavy (non-hydrogen) atoms. The Morgan fingerprint density at radius 2 is 1.63 bits per heavy atom. The van der Waals surface area contributed by atoms with Gasteiger partial charge in [-0.3, -0.25) is 24.3 Å². The molecule has 2 aliphatic heterocycles. The molecule has 2 saturated heterocycles. The van der Waals surface area contributed by atoms with E-state index in [2.05, 4.69) is 34.1 Å². The third kappa shape index (κ3) is 3.70. The quantitative estimate of drug-likeness (QED) is 0.723. The van der Waals surface area contributed by atoms with Crippen LogP contribution in [0.25, 0.3) is 0 Å². The molecule has 2 heterocycles. The molecule has 164 valence electrons. The van der Waals surface area contributed by atoms with Crippen LogP contribution in [0.2, 0.25) is 0 Å². The predicted molar refractivity (Wildman–Crippen MR) is 115 cm³/mol. The maximum Gasteiger partial charge on any atom is 0.235 e. The molecule has 4 rings (SSSR count). The number of imide groups is 1. The number of likely N-dealkylation sites (tertiary alicyclic amines) is 1. The first-order valence-electron chi connectivity index (χ1n) is 11.2. The molecular weight excluding hydrogens is 378 g/mol. The highest BCUT2D eigenvalue weighted by molar-refractivity contribution is 6.03. The summed E-state index contributed by atoms with van der Waals surface area (Å²) in [6.45, 7) is 11.3. The van der Waals surface area contributed by atoms with E-state index in [1.807, 2.05) is 26.8 Å². The molecule has 1 N–H and O–H groups in total. The van der Waals surface area contributed by atoms with Crippen LogP contribution in [0.1, 0.15) is 39.2 Å². The lowest BCUT2D eigenvalue weighted by Gasteiger charge is -2.48. The summed E-state index contributed by atoms with van der Waals surface area (Å²) in [4.78, 5) is 32.1. The second-order valence-electron chi connectivity index (χ2n) is 10.1. The summed E-state index contributed by atoms with van der Waals surface area (Å²) < 4.78 is 0. The molecule has 1 aromatic carbocycles. The van der Waals surface area contributed by atoms with Gasteiger partial charge in [-0.15, -0.1) is 0 Å². The number of aliphatic hydroxyl groups is 1. The van der Waals surface area contributed by atoms with Crippen molar-refractivity contribution in [3.8, 4) is 0 Å². The lowest BCUT2D eigenvalue weighted by molar-refractivity contribution is -0.169. The fourth-order valence-corrected chi connectivity index (χ4v) is 5.61. The number of carbonyl (C=O) groups is 2. The van der Waals surface area contributed by atoms with Gasteiger partial charge in [-0.2, -0.15) is 0 Å². The molecule has 3 aliphatic rings. The number of piperazine rings is 1. The molecule has 2 bridgehead atoms. The molecular formula is C24H35N3O3. The van der Waals surface area contributed by atoms with Gasteiger partial charge < -0.3 is 5.11 Å². The van der Waals surface area contributed by atoms with Gasteiger partial charge >= 0.3 is 0 Å². The number of hydrogen-bond donors (Lipinski definition) is 1. The predicted octanol–water partition coefficient (Wildman–Crippen LogP) is 1.98. The third-order valence-electron chi connectivity index (χ3n) is 8.08. The highest BCUT2D eigenvalue weighted by atomic mass is 16.3. The zero-order valence-corrected chi connectivity index (χ0v) is 18.5. The van der Waals surface area contributed by atoms with E-state index in [4.69, 9.17) is 0 Å². The number of carbonyl (C=O) groups excluding carboxylic acids is 2. The van der Waals surface area contributed by atoms with Crippen LogP contribution >= 0.6 is 0 Å². The number of rotatable bonds is 6. The normalized spacial score (nSPS) is 30.7. The monoisotopic (exact) mass is 413 g/mol. The summed E-state index contributed by atoms with van der Waals surface area (Å²) in [5.41, 5.74) is 0.505. The first-order chi connectivity index (χ1) is 14.2. The second kappa shape index (κ2) is 8.06. The van der Waals surface area contributed by atoms with E-state index in [-0.39, 0.29) is 29.7 Å². The van der Waals surface area contributed by atoms with Gasteiger partial charge in [-0.25, -0.2) is 0 Å². The van der Waals surface area contributed by atoms with Crippen LogP contribution in [-0.2, 0) is 16.1 Å². The Labute approximate surface area is 179 Å². The maximum absolute atomic E-state index is 13.1. The smallest absolute Gasteiger partial charge is 0.235 e. The van der Waals surface area contributed by atoms with E-state index in [9.17, 15) is 14.7 Å². The topological polar surface area (TPSA) is 64.1 Å². The molecule has 3 atom stereocenters. The Kier molecular flexibility index (Phi) is 5.77. The molecule has 0 unspecified atom stereocenters. The van der Waals surface area contributed by atoms with Crippen LogP contribution in [0.3, 0.4) is 0 Å². The van der Waals surface area contributed by atoms with Crippen molar-refractivity contribution in [2.45, 2.75) is 46.3 Å². The number of amides is 2. The zero-order valence-electron chi connectivity index (χ0n) is 18.5. The van der Waals surface area contributed by atoms with E-state index >= 15 is 0 Å². The molecule has 0 radical (unpaired) electrons. The third-order valence-corrected chi connectivity index (χ3v) is 8.08. The Hall–Kier alpha value is -1.76. The van der Waals surface area contributed by atoms with Crippen LogP contribution in [-0.4, -0.2) is 77.0 Å². The number of β-amino-alcohol motifs (C(OH)–C–C–N with tert-alkyl or cyclic N) is 1. The van der Waals surface area contributed by atoms with E-state index < -0.39 is 11.5 Å². The Morgan fingerprint density at radius 3 is 2.30 bits per heavy atom. The largest absolute Gasteiger partial charge is 0.390 e. The van der Waals surface area contributed by atoms with Gasteiger partial charge in [0.1, 0.15) is 0 Å². The van der Waals surface area contributed by atoms with Crippen LogP contribution in [0.4, 0.5) is 0 Å². The molecule has 0 spiro atoms. The zero-order chi connectivity index (χ0) is 21.5. The van der Waals surface area contributed by atoms with Gasteiger partial charge in [0.2, 0.25) is 11.8 Å². The van der Waals surface area contributed by atoms with E-state index in [1.165, 1.54) is 10.5 Å². The summed E-state index contributed by atoms with van der Waals surface area (Å²) >= 11 is 0. The molecule has 1 aliphatic carbocycles. The lowest BCUT2D eigenvalue weighted by atomic mass is 9.62. The minimum Gasteiger partial charge on any atom is -0.390 e. The number of nitrogens with zero attached hydrogens (tertiary/aromatic N) is 3. The molecule has 6 nitrogen and oxygen atoms in total. The first kappa shape index (κ1) is 21.5. The summed E-state index contributed by atoms with van der Waals surface area (Å²) in [6, 6.07) is 10.5. The van der Waals surface area contributed by atoms with Gasteiger partial charge in [-0.05, 0) is 23.8 Å². The van der Waals surface area contributed by atoms with Crippen molar-refractivity contribution in [2.75, 3.05) is 39.3 Å². The highest BCUT2D eigenvalue weighted by Crippen LogP contribution is 2.60. The standard InChI is InChI=1S/C24H35N3O3/c1-23(2)20-9-10-24(23,3)22(30)27(21(20)29)17-19(28)16-26-13-11-25(12-14-26)15-18-7-5-4-6-8-18/h4-8,19-20,28H,9-17H2,1-3H3/t19-,20+,24+/m1/s1. The van der Waals surface area contributed by atoms with Crippen LogP contribution in [0.15, 0.2) is 30.3 Å². The summed E-state index contributed by atoms with van der Waals surface area (Å²) in [5.74, 6) is -0.307. The Balaban J connectivity index is 1.29. The average molecular weight is 414 g/mol. The van der Waals surface area contributed by atoms with Crippen LogP contribution in [0.5, 0.6) is 0 Å². The van der Waals surface area contributed by atoms with Gasteiger partial charge in [-0.1, -0.05) is 51.1 Å². The number of piperidine rings is 1. The van der Waals surface area contributed by atoms with Gasteiger partial charge in [0.15, 0.2) is 0 Å². The van der Waals surface area contributed by atoms with E-state index in [0.29, 0.717) is 6.54 Å². The van der Waals surface area contributed by atoms with Crippen molar-refractivity contribution in [3.05, 3.63) is 35.9 Å². The Morgan fingerprint density at radius 1 is 1.00 bits per heavy atom. The van der Waals surface area contributed by atoms with Crippen molar-refractivity contribution in [2.24, 2.45) is 16.7 Å². The van der Waals surface area contributed by atoms with Gasteiger partial charge in [0, 0.05) is 45.2 Å². The van der Waals surface area contributed by atoms with E-state index in [0.717, 1.165) is 45.6 Å². The highest BCUT2D eigenvalue weighted by Gasteiger charge is 2.64. The molecule has 6 heteroatoms. The van der Waals surface area contributed by atoms with Crippen molar-refractivity contribution in [1.29, 1.82) is 0 Å². The van der Waals surface area contributed by atoms with Crippen LogP contribution < -0.4 is 0 Å². The molecule has 1 aromatic rings. The molecule has 3 fully saturated rings. The van der Waals surface area contributed by atoms with Crippen molar-refractivity contribution in [3.63, 3.8) is 0 Å². The molecule has 0 aromatic heterocycles. The van der Waals surface area contributed by atoms with Crippen molar-refractivity contribution < 1.29 is 14.7 Å². The van der Waals surface area contributed by atoms with Gasteiger partial charge in [0.05, 0.1) is 18.1 Å². The summed E-state index contributed by atoms with van der Waals surface area (Å²) in [7, 11) is 0. The van der Waals surface area contributed by atoms with Crippen LogP contribution in [0, 0.1) is 16.7 Å². The SMILES string of the molecule is CC1(C)[C@H]2CC[C@@]1(C)C(=O)N(C[C@H](O)CN1CCN(Cc3ccccc3)CC1)C2=O. The van der Waals surface area contributed by atoms with E-state index in [1.54, 1.807) is 0 Å². The Bertz CT molecular complexity index is 788. The first-order valence-corrected chi connectivity index (χ1v) is 11.2. The number of hydrogen-bond acceptors (Lipinski definition) is 5. The average Bonchev–Trinajstić information content (AvgIpc) is 2.91. The number of aliphatic hydroxyl groups excluding tert-OH is 1. The van der Waals surface area contributed by atoms with Crippen molar-refractivity contribution >= 4 is 11.8 Å². The lowest BCUT2D eigenvalue weighted by Crippen LogP contribution is -2.61. The van der Waals surface area contributed by atoms with Crippen molar-refractivity contribution in [1.82, 2.24) is 14.7 Å². The fraction of sp³-hybridized carbons (Fsp3) is 0.667. The molecule has 2 amide bonds. The second-order valence-corrected chi connectivity index (χ2v) is 10.1.